The topological polar surface area (TPSA) is 56.7 Å². The molecule has 0 radical (unpaired) electrons. The summed E-state index contributed by atoms with van der Waals surface area (Å²) in [6.07, 6.45) is 6.31. The van der Waals surface area contributed by atoms with E-state index in [1.807, 2.05) is 40.1 Å². The average Bonchev–Trinajstić information content (AvgIpc) is 3.00. The van der Waals surface area contributed by atoms with Crippen LogP contribution in [0.1, 0.15) is 53.0 Å². The van der Waals surface area contributed by atoms with Gasteiger partial charge in [0.05, 0.1) is 17.8 Å². The van der Waals surface area contributed by atoms with E-state index < -0.39 is 30.0 Å². The summed E-state index contributed by atoms with van der Waals surface area (Å²) in [6, 6.07) is 2.47. The molecule has 3 heterocycles. The van der Waals surface area contributed by atoms with Gasteiger partial charge in [-0.15, -0.1) is 0 Å². The van der Waals surface area contributed by atoms with Crippen LogP contribution in [-0.2, 0) is 15.7 Å². The first-order valence-corrected chi connectivity index (χ1v) is 11.6. The van der Waals surface area contributed by atoms with Gasteiger partial charge in [-0.05, 0) is 76.0 Å². The fourth-order valence-electron chi connectivity index (χ4n) is 4.03. The first kappa shape index (κ1) is 23.9. The lowest BCUT2D eigenvalue weighted by atomic mass is 9.79. The second-order valence-electron chi connectivity index (χ2n) is 9.89. The molecule has 0 amide bonds. The molecule has 0 aliphatic carbocycles. The molecular weight excluding hydrogens is 427 g/mol. The van der Waals surface area contributed by atoms with Crippen molar-refractivity contribution in [2.75, 3.05) is 24.6 Å². The third-order valence-electron chi connectivity index (χ3n) is 7.01. The van der Waals surface area contributed by atoms with Crippen LogP contribution in [0, 0.1) is 17.6 Å². The predicted molar refractivity (Wildman–Crippen MR) is 124 cm³/mol. The number of aryl methyl sites for hydroxylation is 1. The molecule has 4 rings (SSSR count). The van der Waals surface area contributed by atoms with Gasteiger partial charge in [-0.25, -0.2) is 18.7 Å². The van der Waals surface area contributed by atoms with E-state index in [1.54, 1.807) is 0 Å². The van der Waals surface area contributed by atoms with E-state index >= 15 is 0 Å². The largest absolute Gasteiger partial charge is 0.495 e. The van der Waals surface area contributed by atoms with E-state index in [4.69, 9.17) is 14.0 Å². The number of benzene rings is 1. The van der Waals surface area contributed by atoms with Crippen molar-refractivity contribution < 1.29 is 22.8 Å². The summed E-state index contributed by atoms with van der Waals surface area (Å²) in [7, 11) is -0.828. The quantitative estimate of drug-likeness (QED) is 0.611. The van der Waals surface area contributed by atoms with E-state index in [-0.39, 0.29) is 18.3 Å². The molecule has 0 atom stereocenters. The van der Waals surface area contributed by atoms with Gasteiger partial charge in [0.2, 0.25) is 5.95 Å². The van der Waals surface area contributed by atoms with Crippen LogP contribution in [-0.4, -0.2) is 48.0 Å². The molecule has 0 N–H and O–H groups in total. The van der Waals surface area contributed by atoms with Crippen LogP contribution in [0.2, 0.25) is 0 Å². The minimum atomic E-state index is -0.828. The normalized spacial score (nSPS) is 20.3. The average molecular weight is 459 g/mol. The van der Waals surface area contributed by atoms with Crippen LogP contribution in [0.5, 0.6) is 5.75 Å². The van der Waals surface area contributed by atoms with E-state index in [9.17, 15) is 8.78 Å². The van der Waals surface area contributed by atoms with Crippen molar-refractivity contribution in [1.29, 1.82) is 0 Å². The molecule has 2 saturated heterocycles. The van der Waals surface area contributed by atoms with Crippen molar-refractivity contribution in [3.63, 3.8) is 0 Å². The SMILES string of the molecule is CCc1cnc(N2CCC(COc3c(F)cc(B4OC(C)(C)C(C)(C)O4)cc3F)CC2)nc1. The zero-order valence-electron chi connectivity index (χ0n) is 20.0. The molecular formula is C24H32BF2N3O3. The Kier molecular flexibility index (Phi) is 6.64. The van der Waals surface area contributed by atoms with Crippen molar-refractivity contribution in [3.8, 4) is 5.75 Å². The highest BCUT2D eigenvalue weighted by atomic mass is 19.1. The van der Waals surface area contributed by atoms with Crippen LogP contribution < -0.4 is 15.1 Å². The summed E-state index contributed by atoms with van der Waals surface area (Å²) in [5.74, 6) is -0.918. The third-order valence-corrected chi connectivity index (χ3v) is 7.01. The van der Waals surface area contributed by atoms with Crippen molar-refractivity contribution in [1.82, 2.24) is 9.97 Å². The van der Waals surface area contributed by atoms with Gasteiger partial charge >= 0.3 is 7.12 Å². The molecule has 9 heteroatoms. The molecule has 2 fully saturated rings. The van der Waals surface area contributed by atoms with Crippen LogP contribution in [0.25, 0.3) is 0 Å². The molecule has 33 heavy (non-hydrogen) atoms. The van der Waals surface area contributed by atoms with Crippen LogP contribution >= 0.6 is 0 Å². The van der Waals surface area contributed by atoms with Gasteiger partial charge in [-0.3, -0.25) is 0 Å². The minimum absolute atomic E-state index is 0.206. The molecule has 2 aromatic rings. The molecule has 0 saturated carbocycles. The van der Waals surface area contributed by atoms with Gasteiger partial charge in [-0.1, -0.05) is 6.92 Å². The van der Waals surface area contributed by atoms with Gasteiger partial charge < -0.3 is 18.9 Å². The molecule has 6 nitrogen and oxygen atoms in total. The molecule has 2 aliphatic rings. The number of hydrogen-bond donors (Lipinski definition) is 0. The molecule has 0 bridgehead atoms. The van der Waals surface area contributed by atoms with Crippen molar-refractivity contribution in [2.24, 2.45) is 5.92 Å². The highest BCUT2D eigenvalue weighted by Crippen LogP contribution is 2.37. The minimum Gasteiger partial charge on any atom is -0.487 e. The van der Waals surface area contributed by atoms with Gasteiger partial charge in [0, 0.05) is 25.5 Å². The van der Waals surface area contributed by atoms with E-state index in [2.05, 4.69) is 21.8 Å². The Morgan fingerprint density at radius 1 is 1.03 bits per heavy atom. The number of anilines is 1. The number of aromatic nitrogens is 2. The molecule has 2 aliphatic heterocycles. The summed E-state index contributed by atoms with van der Waals surface area (Å²) in [5.41, 5.74) is 0.240. The van der Waals surface area contributed by atoms with Crippen LogP contribution in [0.4, 0.5) is 14.7 Å². The van der Waals surface area contributed by atoms with E-state index in [1.165, 1.54) is 12.1 Å². The van der Waals surface area contributed by atoms with E-state index in [0.717, 1.165) is 43.9 Å². The van der Waals surface area contributed by atoms with Gasteiger partial charge in [0.1, 0.15) is 0 Å². The molecule has 178 valence electrons. The number of ether oxygens (including phenoxy) is 1. The lowest BCUT2D eigenvalue weighted by Gasteiger charge is -2.32. The van der Waals surface area contributed by atoms with Crippen LogP contribution in [0.3, 0.4) is 0 Å². The predicted octanol–water partition coefficient (Wildman–Crippen LogP) is 3.91. The van der Waals surface area contributed by atoms with Crippen LogP contribution in [0.15, 0.2) is 24.5 Å². The zero-order valence-corrected chi connectivity index (χ0v) is 20.0. The Labute approximate surface area is 194 Å². The lowest BCUT2D eigenvalue weighted by molar-refractivity contribution is 0.00578. The maximum absolute atomic E-state index is 14.7. The maximum Gasteiger partial charge on any atom is 0.495 e. The first-order valence-electron chi connectivity index (χ1n) is 11.6. The third kappa shape index (κ3) is 4.99. The van der Waals surface area contributed by atoms with E-state index in [0.29, 0.717) is 5.46 Å². The second-order valence-corrected chi connectivity index (χ2v) is 9.89. The molecule has 1 aromatic heterocycles. The summed E-state index contributed by atoms with van der Waals surface area (Å²) >= 11 is 0. The maximum atomic E-state index is 14.7. The monoisotopic (exact) mass is 459 g/mol. The van der Waals surface area contributed by atoms with Gasteiger partial charge in [0.25, 0.3) is 0 Å². The fraction of sp³-hybridized carbons (Fsp3) is 0.583. The highest BCUT2D eigenvalue weighted by Gasteiger charge is 2.52. The standard InChI is InChI=1S/C24H32BF2N3O3/c1-6-16-13-28-22(29-14-16)30-9-7-17(8-10-30)15-31-21-19(26)11-18(12-20(21)27)25-32-23(2,3)24(4,5)33-25/h11-14,17H,6-10,15H2,1-5H3. The molecule has 0 unspecified atom stereocenters. The fourth-order valence-corrected chi connectivity index (χ4v) is 4.03. The van der Waals surface area contributed by atoms with Gasteiger partial charge in [0.15, 0.2) is 17.4 Å². The van der Waals surface area contributed by atoms with Crippen molar-refractivity contribution in [3.05, 3.63) is 41.7 Å². The number of piperidine rings is 1. The number of nitrogens with zero attached hydrogens (tertiary/aromatic N) is 3. The number of rotatable bonds is 6. The van der Waals surface area contributed by atoms with Crippen molar-refractivity contribution >= 4 is 18.5 Å². The first-order chi connectivity index (χ1) is 15.6. The molecule has 1 aromatic carbocycles. The Balaban J connectivity index is 1.34. The molecule has 0 spiro atoms. The summed E-state index contributed by atoms with van der Waals surface area (Å²) < 4.78 is 46.9. The smallest absolute Gasteiger partial charge is 0.487 e. The number of halogens is 2. The summed E-state index contributed by atoms with van der Waals surface area (Å²) in [6.45, 7) is 11.5. The zero-order chi connectivity index (χ0) is 23.8. The Morgan fingerprint density at radius 2 is 1.58 bits per heavy atom. The van der Waals surface area contributed by atoms with Gasteiger partial charge in [-0.2, -0.15) is 0 Å². The Hall–Kier alpha value is -2.26. The Morgan fingerprint density at radius 3 is 2.09 bits per heavy atom. The lowest BCUT2D eigenvalue weighted by Crippen LogP contribution is -2.41. The second kappa shape index (κ2) is 9.18. The highest BCUT2D eigenvalue weighted by molar-refractivity contribution is 6.62. The number of hydrogen-bond acceptors (Lipinski definition) is 6. The summed E-state index contributed by atoms with van der Waals surface area (Å²) in [5, 5.41) is 0. The Bertz CT molecular complexity index is 940. The summed E-state index contributed by atoms with van der Waals surface area (Å²) in [4.78, 5) is 11.0. The van der Waals surface area contributed by atoms with Crippen molar-refractivity contribution in [2.45, 2.75) is 65.1 Å².